The SMILES string of the molecule is CC(C)(C)OC(=O)N1C2CC1CN(c1ccc(-c3cc(N4CC[C@H](O)C4)cn4ncc(C#N)c34)cn1)C2. The van der Waals surface area contributed by atoms with E-state index in [9.17, 15) is 15.2 Å². The van der Waals surface area contributed by atoms with Crippen molar-refractivity contribution in [3.8, 4) is 17.2 Å². The second-order valence-corrected chi connectivity index (χ2v) is 11.2. The van der Waals surface area contributed by atoms with Crippen molar-refractivity contribution in [1.82, 2.24) is 19.5 Å². The number of piperazine rings is 1. The Morgan fingerprint density at radius 2 is 1.95 bits per heavy atom. The van der Waals surface area contributed by atoms with Gasteiger partial charge in [-0.3, -0.25) is 4.90 Å². The molecule has 3 aromatic heterocycles. The van der Waals surface area contributed by atoms with Crippen LogP contribution in [0.1, 0.15) is 39.2 Å². The van der Waals surface area contributed by atoms with Gasteiger partial charge in [-0.2, -0.15) is 10.4 Å². The number of piperidine rings is 1. The molecule has 3 atom stereocenters. The molecule has 192 valence electrons. The van der Waals surface area contributed by atoms with Crippen LogP contribution in [0, 0.1) is 11.3 Å². The minimum absolute atomic E-state index is 0.132. The number of aliphatic hydroxyl groups excluding tert-OH is 1. The molecule has 0 aliphatic carbocycles. The molecule has 0 spiro atoms. The Hall–Kier alpha value is -3.84. The van der Waals surface area contributed by atoms with Gasteiger partial charge in [0.25, 0.3) is 0 Å². The van der Waals surface area contributed by atoms with E-state index in [1.807, 2.05) is 50.2 Å². The van der Waals surface area contributed by atoms with Crippen LogP contribution in [0.3, 0.4) is 0 Å². The molecule has 37 heavy (non-hydrogen) atoms. The Morgan fingerprint density at radius 1 is 1.16 bits per heavy atom. The first-order valence-corrected chi connectivity index (χ1v) is 12.8. The molecule has 4 saturated heterocycles. The van der Waals surface area contributed by atoms with Gasteiger partial charge >= 0.3 is 6.09 Å². The van der Waals surface area contributed by atoms with Crippen LogP contribution in [-0.2, 0) is 4.74 Å². The van der Waals surface area contributed by atoms with Crippen LogP contribution in [-0.4, -0.2) is 80.7 Å². The standard InChI is InChI=1S/C27H31N7O3/c1-27(2,3)37-26(36)34-20-8-21(34)14-32(13-20)24-5-4-17(11-29-24)23-9-19(31-7-6-22(35)16-31)15-33-25(23)18(10-28)12-30-33/h4-5,9,11-12,15,20-22,35H,6-8,13-14,16H2,1-3H3/t20?,21?,22-/m0/s1. The Labute approximate surface area is 215 Å². The summed E-state index contributed by atoms with van der Waals surface area (Å²) in [4.78, 5) is 23.6. The smallest absolute Gasteiger partial charge is 0.410 e. The van der Waals surface area contributed by atoms with Crippen molar-refractivity contribution in [3.05, 3.63) is 42.4 Å². The number of nitriles is 1. The highest BCUT2D eigenvalue weighted by Gasteiger charge is 2.49. The summed E-state index contributed by atoms with van der Waals surface area (Å²) < 4.78 is 7.33. The molecule has 2 bridgehead atoms. The fourth-order valence-corrected chi connectivity index (χ4v) is 5.70. The predicted octanol–water partition coefficient (Wildman–Crippen LogP) is 3.04. The topological polar surface area (TPSA) is 110 Å². The van der Waals surface area contributed by atoms with Crippen molar-refractivity contribution in [3.63, 3.8) is 0 Å². The molecule has 7 rings (SSSR count). The second-order valence-electron chi connectivity index (χ2n) is 11.2. The van der Waals surface area contributed by atoms with Crippen molar-refractivity contribution < 1.29 is 14.6 Å². The zero-order valence-corrected chi connectivity index (χ0v) is 21.3. The van der Waals surface area contributed by atoms with E-state index in [4.69, 9.17) is 9.72 Å². The number of carbonyl (C=O) groups excluding carboxylic acids is 1. The number of hydrogen-bond donors (Lipinski definition) is 1. The van der Waals surface area contributed by atoms with E-state index in [2.05, 4.69) is 27.0 Å². The highest BCUT2D eigenvalue weighted by atomic mass is 16.6. The molecular formula is C27H31N7O3. The Bertz CT molecular complexity index is 1380. The highest BCUT2D eigenvalue weighted by molar-refractivity contribution is 5.86. The van der Waals surface area contributed by atoms with Crippen LogP contribution in [0.5, 0.6) is 0 Å². The molecule has 0 saturated carbocycles. The van der Waals surface area contributed by atoms with E-state index < -0.39 is 5.60 Å². The number of rotatable bonds is 3. The minimum Gasteiger partial charge on any atom is -0.444 e. The molecule has 4 aliphatic heterocycles. The third-order valence-corrected chi connectivity index (χ3v) is 7.43. The average molecular weight is 502 g/mol. The second kappa shape index (κ2) is 8.63. The highest BCUT2D eigenvalue weighted by Crippen LogP contribution is 2.37. The fourth-order valence-electron chi connectivity index (χ4n) is 5.70. The molecule has 0 aromatic carbocycles. The number of aliphatic hydroxyl groups is 1. The summed E-state index contributed by atoms with van der Waals surface area (Å²) in [6.45, 7) is 8.46. The molecule has 10 nitrogen and oxygen atoms in total. The Kier molecular flexibility index (Phi) is 5.49. The van der Waals surface area contributed by atoms with E-state index >= 15 is 0 Å². The van der Waals surface area contributed by atoms with E-state index in [1.54, 1.807) is 10.7 Å². The number of hydrogen-bond acceptors (Lipinski definition) is 8. The van der Waals surface area contributed by atoms with Gasteiger partial charge < -0.3 is 19.6 Å². The van der Waals surface area contributed by atoms with Crippen LogP contribution in [0.2, 0.25) is 0 Å². The number of anilines is 2. The number of ether oxygens (including phenoxy) is 1. The quantitative estimate of drug-likeness (QED) is 0.583. The van der Waals surface area contributed by atoms with Gasteiger partial charge in [-0.05, 0) is 51.8 Å². The van der Waals surface area contributed by atoms with Gasteiger partial charge in [0.15, 0.2) is 0 Å². The van der Waals surface area contributed by atoms with Gasteiger partial charge in [-0.15, -0.1) is 0 Å². The first-order valence-electron chi connectivity index (χ1n) is 12.8. The summed E-state index contributed by atoms with van der Waals surface area (Å²) in [5.74, 6) is 0.867. The first-order chi connectivity index (χ1) is 17.7. The molecule has 1 N–H and O–H groups in total. The summed E-state index contributed by atoms with van der Waals surface area (Å²) in [7, 11) is 0. The van der Waals surface area contributed by atoms with Crippen molar-refractivity contribution in [1.29, 1.82) is 5.26 Å². The summed E-state index contributed by atoms with van der Waals surface area (Å²) in [6, 6.07) is 8.60. The molecule has 4 aliphatic rings. The molecule has 7 heterocycles. The number of β-amino-alcohol motifs (C(OH)–C–C–N with tert-alkyl or cyclic N) is 1. The third kappa shape index (κ3) is 4.23. The lowest BCUT2D eigenvalue weighted by Gasteiger charge is -2.56. The Balaban J connectivity index is 1.25. The van der Waals surface area contributed by atoms with Crippen LogP contribution in [0.25, 0.3) is 16.6 Å². The molecular weight excluding hydrogens is 470 g/mol. The zero-order valence-electron chi connectivity index (χ0n) is 21.3. The normalized spacial score (nSPS) is 23.2. The minimum atomic E-state index is -0.504. The van der Waals surface area contributed by atoms with Gasteiger partial charge in [0.1, 0.15) is 17.5 Å². The maximum Gasteiger partial charge on any atom is 0.410 e. The maximum absolute atomic E-state index is 12.6. The van der Waals surface area contributed by atoms with Gasteiger partial charge in [0.2, 0.25) is 0 Å². The van der Waals surface area contributed by atoms with Crippen LogP contribution >= 0.6 is 0 Å². The van der Waals surface area contributed by atoms with E-state index in [0.717, 1.165) is 60.6 Å². The molecule has 3 aromatic rings. The van der Waals surface area contributed by atoms with Gasteiger partial charge in [-0.25, -0.2) is 14.3 Å². The summed E-state index contributed by atoms with van der Waals surface area (Å²) in [5.41, 5.74) is 3.47. The molecule has 10 heteroatoms. The number of aromatic nitrogens is 3. The van der Waals surface area contributed by atoms with Gasteiger partial charge in [-0.1, -0.05) is 0 Å². The van der Waals surface area contributed by atoms with Crippen molar-refractivity contribution in [2.24, 2.45) is 0 Å². The molecule has 1 amide bonds. The number of fused-ring (bicyclic) bond motifs is 3. The molecule has 4 fully saturated rings. The first kappa shape index (κ1) is 23.6. The van der Waals surface area contributed by atoms with Gasteiger partial charge in [0.05, 0.1) is 47.3 Å². The lowest BCUT2D eigenvalue weighted by atomic mass is 9.88. The predicted molar refractivity (Wildman–Crippen MR) is 138 cm³/mol. The van der Waals surface area contributed by atoms with Crippen LogP contribution < -0.4 is 9.80 Å². The van der Waals surface area contributed by atoms with Crippen molar-refractivity contribution >= 4 is 23.1 Å². The van der Waals surface area contributed by atoms with Crippen LogP contribution in [0.15, 0.2) is 36.8 Å². The molecule has 2 unspecified atom stereocenters. The fraction of sp³-hybridized carbons (Fsp3) is 0.481. The lowest BCUT2D eigenvalue weighted by Crippen LogP contribution is -2.70. The number of pyridine rings is 2. The summed E-state index contributed by atoms with van der Waals surface area (Å²) in [5, 5.41) is 24.1. The van der Waals surface area contributed by atoms with E-state index in [-0.39, 0.29) is 24.3 Å². The van der Waals surface area contributed by atoms with Crippen molar-refractivity contribution in [2.45, 2.75) is 57.4 Å². The lowest BCUT2D eigenvalue weighted by molar-refractivity contribution is -0.0380. The Morgan fingerprint density at radius 3 is 2.57 bits per heavy atom. The van der Waals surface area contributed by atoms with Crippen LogP contribution in [0.4, 0.5) is 16.3 Å². The largest absolute Gasteiger partial charge is 0.444 e. The zero-order chi connectivity index (χ0) is 25.9. The summed E-state index contributed by atoms with van der Waals surface area (Å²) in [6.07, 6.45) is 6.48. The van der Waals surface area contributed by atoms with E-state index in [1.165, 1.54) is 0 Å². The number of nitrogens with zero attached hydrogens (tertiary/aromatic N) is 7. The third-order valence-electron chi connectivity index (χ3n) is 7.43. The van der Waals surface area contributed by atoms with Gasteiger partial charge in [0, 0.05) is 43.5 Å². The van der Waals surface area contributed by atoms with E-state index in [0.29, 0.717) is 12.1 Å². The maximum atomic E-state index is 12.6. The number of amides is 1. The van der Waals surface area contributed by atoms with Crippen molar-refractivity contribution in [2.75, 3.05) is 36.0 Å². The average Bonchev–Trinajstić information content (AvgIpc) is 3.48. The molecule has 0 radical (unpaired) electrons. The number of carbonyl (C=O) groups is 1. The monoisotopic (exact) mass is 501 g/mol. The summed E-state index contributed by atoms with van der Waals surface area (Å²) >= 11 is 0.